The van der Waals surface area contributed by atoms with Crippen LogP contribution in [-0.2, 0) is 16.0 Å². The number of nitrogens with zero attached hydrogens (tertiary/aromatic N) is 1. The molecule has 0 spiro atoms. The number of carbonyl (C=O) groups is 1. The van der Waals surface area contributed by atoms with Gasteiger partial charge in [0.15, 0.2) is 5.13 Å². The highest BCUT2D eigenvalue weighted by molar-refractivity contribution is 7.15. The molecule has 1 N–H and O–H groups in total. The first-order valence-corrected chi connectivity index (χ1v) is 8.31. The molecule has 1 aromatic carbocycles. The van der Waals surface area contributed by atoms with Crippen LogP contribution in [0.5, 0.6) is 0 Å². The van der Waals surface area contributed by atoms with Gasteiger partial charge in [-0.2, -0.15) is 0 Å². The van der Waals surface area contributed by atoms with Gasteiger partial charge < -0.3 is 4.74 Å². The fourth-order valence-electron chi connectivity index (χ4n) is 2.02. The molecule has 2 rings (SSSR count). The van der Waals surface area contributed by atoms with Crippen LogP contribution >= 0.6 is 11.3 Å². The number of aromatic nitrogens is 1. The maximum Gasteiger partial charge on any atom is 0.252 e. The molecule has 22 heavy (non-hydrogen) atoms. The van der Waals surface area contributed by atoms with Gasteiger partial charge >= 0.3 is 0 Å². The zero-order chi connectivity index (χ0) is 15.9. The fraction of sp³-hybridized carbons (Fsp3) is 0.412. The second kappa shape index (κ2) is 8.06. The number of hydrogen-bond acceptors (Lipinski definition) is 4. The summed E-state index contributed by atoms with van der Waals surface area (Å²) < 4.78 is 5.07. The molecule has 0 fully saturated rings. The maximum atomic E-state index is 11.6. The van der Waals surface area contributed by atoms with Gasteiger partial charge in [0.2, 0.25) is 0 Å². The molecule has 0 aliphatic heterocycles. The molecule has 2 aromatic rings. The molecule has 0 atom stereocenters. The monoisotopic (exact) mass is 318 g/mol. The summed E-state index contributed by atoms with van der Waals surface area (Å²) in [5.41, 5.74) is 2.59. The average molecular weight is 318 g/mol. The molecule has 5 heteroatoms. The van der Waals surface area contributed by atoms with Crippen LogP contribution < -0.4 is 5.32 Å². The van der Waals surface area contributed by atoms with E-state index in [4.69, 9.17) is 4.74 Å². The van der Waals surface area contributed by atoms with Gasteiger partial charge in [0.1, 0.15) is 6.61 Å². The van der Waals surface area contributed by atoms with E-state index in [1.54, 1.807) is 0 Å². The topological polar surface area (TPSA) is 51.2 Å². The standard InChI is InChI=1S/C17H22N2O2S/c1-4-21-11-16(20)19-17-18-10-15(22-17)9-13-5-7-14(8-6-13)12(2)3/h5-8,10,12H,4,9,11H2,1-3H3,(H,18,19,20). The van der Waals surface area contributed by atoms with Crippen LogP contribution in [0.4, 0.5) is 5.13 Å². The molecular formula is C17H22N2O2S. The minimum atomic E-state index is -0.163. The fourth-order valence-corrected chi connectivity index (χ4v) is 2.88. The van der Waals surface area contributed by atoms with E-state index < -0.39 is 0 Å². The molecule has 1 aromatic heterocycles. The second-order valence-corrected chi connectivity index (χ2v) is 6.51. The lowest BCUT2D eigenvalue weighted by atomic mass is 10.0. The molecule has 0 unspecified atom stereocenters. The average Bonchev–Trinajstić information content (AvgIpc) is 2.92. The van der Waals surface area contributed by atoms with Crippen molar-refractivity contribution in [3.05, 3.63) is 46.5 Å². The van der Waals surface area contributed by atoms with Gasteiger partial charge in [0.05, 0.1) is 0 Å². The number of ether oxygens (including phenoxy) is 1. The minimum absolute atomic E-state index is 0.0715. The van der Waals surface area contributed by atoms with Crippen LogP contribution in [0.15, 0.2) is 30.5 Å². The first-order chi connectivity index (χ1) is 10.6. The molecule has 0 aliphatic rings. The number of amides is 1. The molecule has 1 amide bonds. The van der Waals surface area contributed by atoms with Crippen molar-refractivity contribution in [2.45, 2.75) is 33.1 Å². The highest BCUT2D eigenvalue weighted by Gasteiger charge is 2.07. The molecule has 0 aliphatic carbocycles. The summed E-state index contributed by atoms with van der Waals surface area (Å²) in [6.07, 6.45) is 2.65. The summed E-state index contributed by atoms with van der Waals surface area (Å²) in [7, 11) is 0. The molecule has 0 bridgehead atoms. The predicted octanol–water partition coefficient (Wildman–Crippen LogP) is 3.83. The molecular weight excluding hydrogens is 296 g/mol. The Bertz CT molecular complexity index is 605. The van der Waals surface area contributed by atoms with E-state index in [9.17, 15) is 4.79 Å². The smallest absolute Gasteiger partial charge is 0.252 e. The molecule has 0 radical (unpaired) electrons. The van der Waals surface area contributed by atoms with Gasteiger partial charge in [0.25, 0.3) is 5.91 Å². The number of nitrogens with one attached hydrogen (secondary N) is 1. The minimum Gasteiger partial charge on any atom is -0.372 e. The third kappa shape index (κ3) is 4.93. The quantitative estimate of drug-likeness (QED) is 0.844. The van der Waals surface area contributed by atoms with Gasteiger partial charge in [0, 0.05) is 24.1 Å². The van der Waals surface area contributed by atoms with Crippen molar-refractivity contribution < 1.29 is 9.53 Å². The summed E-state index contributed by atoms with van der Waals surface area (Å²) in [5.74, 6) is 0.383. The van der Waals surface area contributed by atoms with Crippen LogP contribution in [-0.4, -0.2) is 24.1 Å². The number of anilines is 1. The van der Waals surface area contributed by atoms with Gasteiger partial charge in [-0.05, 0) is 24.0 Å². The summed E-state index contributed by atoms with van der Waals surface area (Å²) in [4.78, 5) is 16.9. The summed E-state index contributed by atoms with van der Waals surface area (Å²) >= 11 is 1.50. The van der Waals surface area contributed by atoms with E-state index in [0.29, 0.717) is 17.7 Å². The normalized spacial score (nSPS) is 10.9. The molecule has 0 saturated carbocycles. The van der Waals surface area contributed by atoms with Crippen molar-refractivity contribution >= 4 is 22.4 Å². The SMILES string of the molecule is CCOCC(=O)Nc1ncc(Cc2ccc(C(C)C)cc2)s1. The van der Waals surface area contributed by atoms with Crippen LogP contribution in [0.2, 0.25) is 0 Å². The Morgan fingerprint density at radius 2 is 2.05 bits per heavy atom. The molecule has 1 heterocycles. The van der Waals surface area contributed by atoms with Crippen LogP contribution in [0, 0.1) is 0 Å². The first kappa shape index (κ1) is 16.6. The van der Waals surface area contributed by atoms with Crippen LogP contribution in [0.3, 0.4) is 0 Å². The van der Waals surface area contributed by atoms with Crippen molar-refractivity contribution in [2.75, 3.05) is 18.5 Å². The Hall–Kier alpha value is -1.72. The van der Waals surface area contributed by atoms with Crippen molar-refractivity contribution in [3.8, 4) is 0 Å². The Morgan fingerprint density at radius 3 is 2.68 bits per heavy atom. The number of hydrogen-bond donors (Lipinski definition) is 1. The Balaban J connectivity index is 1.92. The van der Waals surface area contributed by atoms with Crippen LogP contribution in [0.25, 0.3) is 0 Å². The molecule has 4 nitrogen and oxygen atoms in total. The summed E-state index contributed by atoms with van der Waals surface area (Å²) in [6, 6.07) is 8.66. The highest BCUT2D eigenvalue weighted by atomic mass is 32.1. The number of thiazole rings is 1. The van der Waals surface area contributed by atoms with Crippen molar-refractivity contribution in [1.29, 1.82) is 0 Å². The zero-order valence-corrected chi connectivity index (χ0v) is 14.1. The lowest BCUT2D eigenvalue weighted by Crippen LogP contribution is -2.17. The highest BCUT2D eigenvalue weighted by Crippen LogP contribution is 2.22. The Kier molecular flexibility index (Phi) is 6.10. The zero-order valence-electron chi connectivity index (χ0n) is 13.3. The van der Waals surface area contributed by atoms with Gasteiger partial charge in [-0.15, -0.1) is 11.3 Å². The molecule has 0 saturated heterocycles. The van der Waals surface area contributed by atoms with E-state index in [2.05, 4.69) is 48.4 Å². The summed E-state index contributed by atoms with van der Waals surface area (Å²) in [6.45, 7) is 6.84. The Morgan fingerprint density at radius 1 is 1.32 bits per heavy atom. The van der Waals surface area contributed by atoms with E-state index in [0.717, 1.165) is 11.3 Å². The van der Waals surface area contributed by atoms with Crippen LogP contribution in [0.1, 0.15) is 42.7 Å². The third-order valence-electron chi connectivity index (χ3n) is 3.26. The third-order valence-corrected chi connectivity index (χ3v) is 4.17. The van der Waals surface area contributed by atoms with E-state index in [-0.39, 0.29) is 12.5 Å². The van der Waals surface area contributed by atoms with Gasteiger partial charge in [-0.1, -0.05) is 38.1 Å². The van der Waals surface area contributed by atoms with E-state index in [1.807, 2.05) is 13.1 Å². The second-order valence-electron chi connectivity index (χ2n) is 5.39. The van der Waals surface area contributed by atoms with Crippen molar-refractivity contribution in [2.24, 2.45) is 0 Å². The number of carbonyl (C=O) groups excluding carboxylic acids is 1. The van der Waals surface area contributed by atoms with Gasteiger partial charge in [-0.25, -0.2) is 4.98 Å². The van der Waals surface area contributed by atoms with Crippen molar-refractivity contribution in [3.63, 3.8) is 0 Å². The lowest BCUT2D eigenvalue weighted by Gasteiger charge is -2.06. The lowest BCUT2D eigenvalue weighted by molar-refractivity contribution is -0.120. The van der Waals surface area contributed by atoms with Gasteiger partial charge in [-0.3, -0.25) is 10.1 Å². The number of benzene rings is 1. The van der Waals surface area contributed by atoms with Crippen molar-refractivity contribution in [1.82, 2.24) is 4.98 Å². The summed E-state index contributed by atoms with van der Waals surface area (Å²) in [5, 5.41) is 3.37. The first-order valence-electron chi connectivity index (χ1n) is 7.49. The molecule has 118 valence electrons. The van der Waals surface area contributed by atoms with E-state index >= 15 is 0 Å². The Labute approximate surface area is 135 Å². The maximum absolute atomic E-state index is 11.6. The number of rotatable bonds is 7. The largest absolute Gasteiger partial charge is 0.372 e. The predicted molar refractivity (Wildman–Crippen MR) is 90.6 cm³/mol. The van der Waals surface area contributed by atoms with E-state index in [1.165, 1.54) is 22.5 Å².